The minimum Gasteiger partial charge on any atom is -0.236 e. The van der Waals surface area contributed by atoms with E-state index in [2.05, 4.69) is 4.98 Å². The van der Waals surface area contributed by atoms with Crippen LogP contribution in [0, 0.1) is 6.92 Å². The Kier molecular flexibility index (Phi) is 3.47. The number of benzene rings is 2. The first-order chi connectivity index (χ1) is 10.0. The Hall–Kier alpha value is -2.20. The summed E-state index contributed by atoms with van der Waals surface area (Å²) in [5, 5.41) is 1.06. The molecule has 0 radical (unpaired) electrons. The Balaban J connectivity index is 1.97. The first-order valence-electron chi connectivity index (χ1n) is 6.69. The molecule has 0 saturated carbocycles. The molecule has 0 saturated heterocycles. The summed E-state index contributed by atoms with van der Waals surface area (Å²) in [5.41, 5.74) is 2.58. The van der Waals surface area contributed by atoms with Gasteiger partial charge in [0, 0.05) is 5.39 Å². The largest absolute Gasteiger partial charge is 0.236 e. The standard InChI is InChI=1S/C17H15NO2S/c1-13-6-8-14(9-7-13)12-21(19,20)17-11-10-15-4-2-3-5-16(15)18-17/h2-11H,12H2,1H3. The smallest absolute Gasteiger partial charge is 0.199 e. The molecule has 0 fully saturated rings. The van der Waals surface area contributed by atoms with Crippen molar-refractivity contribution >= 4 is 20.7 Å². The zero-order valence-corrected chi connectivity index (χ0v) is 12.5. The van der Waals surface area contributed by atoms with E-state index in [0.717, 1.165) is 16.5 Å². The highest BCUT2D eigenvalue weighted by molar-refractivity contribution is 7.90. The Bertz CT molecular complexity index is 884. The van der Waals surface area contributed by atoms with Crippen molar-refractivity contribution in [3.05, 3.63) is 71.8 Å². The average Bonchev–Trinajstić information content (AvgIpc) is 2.49. The average molecular weight is 297 g/mol. The van der Waals surface area contributed by atoms with E-state index in [1.165, 1.54) is 0 Å². The molecule has 0 bridgehead atoms. The van der Waals surface area contributed by atoms with Crippen molar-refractivity contribution in [2.75, 3.05) is 0 Å². The van der Waals surface area contributed by atoms with Gasteiger partial charge in [-0.1, -0.05) is 48.0 Å². The second-order valence-corrected chi connectivity index (χ2v) is 7.02. The maximum Gasteiger partial charge on any atom is 0.199 e. The normalized spacial score (nSPS) is 11.7. The molecule has 0 unspecified atom stereocenters. The van der Waals surface area contributed by atoms with Gasteiger partial charge in [-0.25, -0.2) is 13.4 Å². The van der Waals surface area contributed by atoms with Crippen LogP contribution in [0.15, 0.2) is 65.7 Å². The number of hydrogen-bond donors (Lipinski definition) is 0. The van der Waals surface area contributed by atoms with Crippen LogP contribution in [-0.4, -0.2) is 13.4 Å². The number of sulfone groups is 1. The third-order valence-electron chi connectivity index (χ3n) is 3.37. The highest BCUT2D eigenvalue weighted by atomic mass is 32.2. The van der Waals surface area contributed by atoms with E-state index in [1.807, 2.05) is 55.5 Å². The van der Waals surface area contributed by atoms with E-state index in [4.69, 9.17) is 0 Å². The molecular weight excluding hydrogens is 282 g/mol. The zero-order valence-electron chi connectivity index (χ0n) is 11.7. The number of para-hydroxylation sites is 1. The fourth-order valence-corrected chi connectivity index (χ4v) is 3.49. The third kappa shape index (κ3) is 2.95. The lowest BCUT2D eigenvalue weighted by Crippen LogP contribution is -2.07. The van der Waals surface area contributed by atoms with Crippen LogP contribution in [0.4, 0.5) is 0 Å². The summed E-state index contributed by atoms with van der Waals surface area (Å²) < 4.78 is 24.9. The van der Waals surface area contributed by atoms with Crippen molar-refractivity contribution in [2.45, 2.75) is 17.7 Å². The monoisotopic (exact) mass is 297 g/mol. The Morgan fingerprint density at radius 3 is 2.38 bits per heavy atom. The van der Waals surface area contributed by atoms with Gasteiger partial charge < -0.3 is 0 Å². The number of rotatable bonds is 3. The molecule has 0 aliphatic heterocycles. The minimum atomic E-state index is -3.43. The molecule has 2 aromatic carbocycles. The summed E-state index contributed by atoms with van der Waals surface area (Å²) >= 11 is 0. The van der Waals surface area contributed by atoms with Gasteiger partial charge in [0.15, 0.2) is 14.9 Å². The van der Waals surface area contributed by atoms with Crippen molar-refractivity contribution in [3.63, 3.8) is 0 Å². The summed E-state index contributed by atoms with van der Waals surface area (Å²) in [5.74, 6) is -0.0291. The Morgan fingerprint density at radius 1 is 0.905 bits per heavy atom. The van der Waals surface area contributed by atoms with Gasteiger partial charge in [-0.2, -0.15) is 0 Å². The molecule has 0 amide bonds. The highest BCUT2D eigenvalue weighted by Gasteiger charge is 2.17. The summed E-state index contributed by atoms with van der Waals surface area (Å²) in [4.78, 5) is 4.27. The first-order valence-corrected chi connectivity index (χ1v) is 8.34. The summed E-state index contributed by atoms with van der Waals surface area (Å²) in [7, 11) is -3.43. The number of aryl methyl sites for hydroxylation is 1. The molecular formula is C17H15NO2S. The molecule has 1 heterocycles. The molecule has 21 heavy (non-hydrogen) atoms. The lowest BCUT2D eigenvalue weighted by Gasteiger charge is -2.06. The molecule has 0 spiro atoms. The van der Waals surface area contributed by atoms with Crippen LogP contribution in [0.2, 0.25) is 0 Å². The van der Waals surface area contributed by atoms with Gasteiger partial charge in [-0.3, -0.25) is 0 Å². The van der Waals surface area contributed by atoms with Gasteiger partial charge >= 0.3 is 0 Å². The molecule has 0 aliphatic carbocycles. The lowest BCUT2D eigenvalue weighted by atomic mass is 10.2. The van der Waals surface area contributed by atoms with Crippen molar-refractivity contribution in [1.82, 2.24) is 4.98 Å². The van der Waals surface area contributed by atoms with E-state index in [1.54, 1.807) is 12.1 Å². The molecule has 4 heteroatoms. The van der Waals surface area contributed by atoms with Crippen LogP contribution in [0.5, 0.6) is 0 Å². The van der Waals surface area contributed by atoms with E-state index in [-0.39, 0.29) is 10.8 Å². The number of nitrogens with zero attached hydrogens (tertiary/aromatic N) is 1. The molecule has 106 valence electrons. The topological polar surface area (TPSA) is 47.0 Å². The number of pyridine rings is 1. The maximum absolute atomic E-state index is 12.5. The van der Waals surface area contributed by atoms with E-state index < -0.39 is 9.84 Å². The summed E-state index contributed by atoms with van der Waals surface area (Å²) in [6.07, 6.45) is 0. The quantitative estimate of drug-likeness (QED) is 0.743. The summed E-state index contributed by atoms with van der Waals surface area (Å²) in [6.45, 7) is 1.98. The molecule has 0 atom stereocenters. The van der Waals surface area contributed by atoms with E-state index >= 15 is 0 Å². The predicted octanol–water partition coefficient (Wildman–Crippen LogP) is 3.52. The SMILES string of the molecule is Cc1ccc(CS(=O)(=O)c2ccc3ccccc3n2)cc1. The van der Waals surface area contributed by atoms with Crippen molar-refractivity contribution in [3.8, 4) is 0 Å². The molecule has 3 rings (SSSR count). The fourth-order valence-electron chi connectivity index (χ4n) is 2.20. The van der Waals surface area contributed by atoms with Crippen LogP contribution < -0.4 is 0 Å². The van der Waals surface area contributed by atoms with Crippen LogP contribution in [0.3, 0.4) is 0 Å². The van der Waals surface area contributed by atoms with Crippen LogP contribution in [0.25, 0.3) is 10.9 Å². The highest BCUT2D eigenvalue weighted by Crippen LogP contribution is 2.19. The second-order valence-electron chi connectivity index (χ2n) is 5.09. The van der Waals surface area contributed by atoms with E-state index in [9.17, 15) is 8.42 Å². The number of fused-ring (bicyclic) bond motifs is 1. The Morgan fingerprint density at radius 2 is 1.62 bits per heavy atom. The lowest BCUT2D eigenvalue weighted by molar-refractivity contribution is 0.592. The fraction of sp³-hybridized carbons (Fsp3) is 0.118. The molecule has 3 nitrogen and oxygen atoms in total. The van der Waals surface area contributed by atoms with E-state index in [0.29, 0.717) is 5.52 Å². The predicted molar refractivity (Wildman–Crippen MR) is 83.8 cm³/mol. The minimum absolute atomic E-state index is 0.0291. The van der Waals surface area contributed by atoms with Gasteiger partial charge in [0.05, 0.1) is 11.3 Å². The van der Waals surface area contributed by atoms with Gasteiger partial charge in [0.1, 0.15) is 0 Å². The number of hydrogen-bond acceptors (Lipinski definition) is 3. The summed E-state index contributed by atoms with van der Waals surface area (Å²) in [6, 6.07) is 18.4. The van der Waals surface area contributed by atoms with Gasteiger partial charge in [0.25, 0.3) is 0 Å². The molecule has 3 aromatic rings. The second kappa shape index (κ2) is 5.30. The van der Waals surface area contributed by atoms with Gasteiger partial charge in [-0.15, -0.1) is 0 Å². The zero-order chi connectivity index (χ0) is 14.9. The molecule has 0 N–H and O–H groups in total. The first kappa shape index (κ1) is 13.8. The van der Waals surface area contributed by atoms with Crippen LogP contribution in [0.1, 0.15) is 11.1 Å². The molecule has 0 aliphatic rings. The number of aromatic nitrogens is 1. The third-order valence-corrected chi connectivity index (χ3v) is 4.95. The van der Waals surface area contributed by atoms with Crippen molar-refractivity contribution < 1.29 is 8.42 Å². The van der Waals surface area contributed by atoms with Gasteiger partial charge in [0.2, 0.25) is 0 Å². The van der Waals surface area contributed by atoms with Gasteiger partial charge in [-0.05, 0) is 30.7 Å². The van der Waals surface area contributed by atoms with Crippen molar-refractivity contribution in [2.24, 2.45) is 0 Å². The maximum atomic E-state index is 12.5. The van der Waals surface area contributed by atoms with Crippen molar-refractivity contribution in [1.29, 1.82) is 0 Å². The van der Waals surface area contributed by atoms with Crippen LogP contribution in [-0.2, 0) is 15.6 Å². The molecule has 1 aromatic heterocycles. The van der Waals surface area contributed by atoms with Crippen LogP contribution >= 0.6 is 0 Å². The Labute approximate surface area is 124 Å².